The molecule has 5 heteroatoms. The van der Waals surface area contributed by atoms with Gasteiger partial charge >= 0.3 is 0 Å². The van der Waals surface area contributed by atoms with Gasteiger partial charge in [-0.25, -0.2) is 0 Å². The molecule has 0 saturated carbocycles. The Morgan fingerprint density at radius 1 is 0.962 bits per heavy atom. The van der Waals surface area contributed by atoms with Crippen molar-refractivity contribution in [1.29, 1.82) is 0 Å². The number of nitrogens with one attached hydrogen (secondary N) is 1. The van der Waals surface area contributed by atoms with Crippen LogP contribution in [0.5, 0.6) is 0 Å². The van der Waals surface area contributed by atoms with Crippen molar-refractivity contribution in [2.75, 3.05) is 31.5 Å². The van der Waals surface area contributed by atoms with E-state index in [1.807, 2.05) is 12.1 Å². The van der Waals surface area contributed by atoms with Crippen LogP contribution in [0.3, 0.4) is 0 Å². The Labute approximate surface area is 156 Å². The molecule has 2 aromatic rings. The van der Waals surface area contributed by atoms with E-state index in [1.165, 1.54) is 18.9 Å². The zero-order valence-electron chi connectivity index (χ0n) is 15.8. The predicted octanol–water partition coefficient (Wildman–Crippen LogP) is 3.51. The van der Waals surface area contributed by atoms with Crippen molar-refractivity contribution in [3.63, 3.8) is 0 Å². The van der Waals surface area contributed by atoms with Crippen molar-refractivity contribution in [2.24, 2.45) is 0 Å². The van der Waals surface area contributed by atoms with Crippen molar-refractivity contribution < 1.29 is 9.21 Å². The Kier molecular flexibility index (Phi) is 6.47. The molecule has 0 radical (unpaired) electrons. The lowest BCUT2D eigenvalue weighted by atomic mass is 10.2. The van der Waals surface area contributed by atoms with E-state index < -0.39 is 0 Å². The Hall–Kier alpha value is -2.11. The lowest BCUT2D eigenvalue weighted by Crippen LogP contribution is -2.30. The van der Waals surface area contributed by atoms with E-state index in [0.717, 1.165) is 62.9 Å². The molecule has 2 heterocycles. The number of hydrogen-bond acceptors (Lipinski definition) is 4. The summed E-state index contributed by atoms with van der Waals surface area (Å²) in [6, 6.07) is 12.3. The number of hydrogen-bond donors (Lipinski definition) is 1. The lowest BCUT2D eigenvalue weighted by Gasteiger charge is -2.21. The number of carbonyl (C=O) groups excluding carboxylic acids is 1. The van der Waals surface area contributed by atoms with E-state index in [4.69, 9.17) is 4.42 Å². The highest BCUT2D eigenvalue weighted by Crippen LogP contribution is 2.15. The van der Waals surface area contributed by atoms with Crippen molar-refractivity contribution in [3.05, 3.63) is 53.5 Å². The second kappa shape index (κ2) is 9.01. The first kappa shape index (κ1) is 18.7. The quantitative estimate of drug-likeness (QED) is 0.861. The van der Waals surface area contributed by atoms with E-state index in [9.17, 15) is 4.79 Å². The maximum absolute atomic E-state index is 11.1. The standard InChI is InChI=1S/C21H29N3O2/c1-3-20-9-10-21(26-20)16-24-12-4-11-23(13-14-24)15-18-5-7-19(8-6-18)22-17(2)25/h5-10H,3-4,11-16H2,1-2H3,(H,22,25). The van der Waals surface area contributed by atoms with Gasteiger partial charge in [0.15, 0.2) is 0 Å². The van der Waals surface area contributed by atoms with Gasteiger partial charge in [0.2, 0.25) is 5.91 Å². The molecule has 1 aliphatic rings. The largest absolute Gasteiger partial charge is 0.465 e. The maximum Gasteiger partial charge on any atom is 0.221 e. The third kappa shape index (κ3) is 5.44. The second-order valence-corrected chi connectivity index (χ2v) is 7.01. The Balaban J connectivity index is 1.49. The Morgan fingerprint density at radius 3 is 2.23 bits per heavy atom. The molecule has 1 N–H and O–H groups in total. The van der Waals surface area contributed by atoms with Gasteiger partial charge in [-0.2, -0.15) is 0 Å². The summed E-state index contributed by atoms with van der Waals surface area (Å²) < 4.78 is 5.85. The van der Waals surface area contributed by atoms with Crippen LogP contribution in [0.4, 0.5) is 5.69 Å². The summed E-state index contributed by atoms with van der Waals surface area (Å²) in [5.41, 5.74) is 2.14. The summed E-state index contributed by atoms with van der Waals surface area (Å²) in [7, 11) is 0. The molecule has 1 aliphatic heterocycles. The van der Waals surface area contributed by atoms with Gasteiger partial charge in [-0.05, 0) is 49.3 Å². The van der Waals surface area contributed by atoms with Crippen molar-refractivity contribution in [3.8, 4) is 0 Å². The average Bonchev–Trinajstić information content (AvgIpc) is 2.96. The van der Waals surface area contributed by atoms with Crippen LogP contribution in [0, 0.1) is 0 Å². The van der Waals surface area contributed by atoms with Crippen molar-refractivity contribution >= 4 is 11.6 Å². The molecule has 0 unspecified atom stereocenters. The molecule has 1 fully saturated rings. The van der Waals surface area contributed by atoms with Gasteiger partial charge in [0.25, 0.3) is 0 Å². The third-order valence-electron chi connectivity index (χ3n) is 4.81. The highest BCUT2D eigenvalue weighted by Gasteiger charge is 2.16. The predicted molar refractivity (Wildman–Crippen MR) is 104 cm³/mol. The molecule has 1 saturated heterocycles. The molecule has 3 rings (SSSR count). The van der Waals surface area contributed by atoms with Gasteiger partial charge < -0.3 is 9.73 Å². The van der Waals surface area contributed by atoms with Crippen LogP contribution in [0.2, 0.25) is 0 Å². The Bertz CT molecular complexity index is 708. The van der Waals surface area contributed by atoms with E-state index in [2.05, 4.69) is 46.3 Å². The van der Waals surface area contributed by atoms with Gasteiger partial charge in [0, 0.05) is 38.7 Å². The monoisotopic (exact) mass is 355 g/mol. The van der Waals surface area contributed by atoms with Crippen molar-refractivity contribution in [2.45, 2.75) is 39.8 Å². The molecular weight excluding hydrogens is 326 g/mol. The average molecular weight is 355 g/mol. The molecule has 140 valence electrons. The first-order valence-corrected chi connectivity index (χ1v) is 9.51. The van der Waals surface area contributed by atoms with Crippen LogP contribution in [0.15, 0.2) is 40.8 Å². The highest BCUT2D eigenvalue weighted by molar-refractivity contribution is 5.88. The van der Waals surface area contributed by atoms with Crippen molar-refractivity contribution in [1.82, 2.24) is 9.80 Å². The normalized spacial score (nSPS) is 16.4. The minimum Gasteiger partial charge on any atom is -0.465 e. The van der Waals surface area contributed by atoms with E-state index >= 15 is 0 Å². The zero-order valence-corrected chi connectivity index (χ0v) is 15.8. The van der Waals surface area contributed by atoms with Crippen LogP contribution < -0.4 is 5.32 Å². The minimum absolute atomic E-state index is 0.0343. The number of carbonyl (C=O) groups is 1. The maximum atomic E-state index is 11.1. The smallest absolute Gasteiger partial charge is 0.221 e. The topological polar surface area (TPSA) is 48.7 Å². The molecule has 0 aliphatic carbocycles. The number of furan rings is 1. The number of benzene rings is 1. The first-order chi connectivity index (χ1) is 12.6. The van der Waals surface area contributed by atoms with Crippen LogP contribution in [-0.4, -0.2) is 41.9 Å². The van der Waals surface area contributed by atoms with Gasteiger partial charge in [0.1, 0.15) is 11.5 Å². The number of anilines is 1. The number of aryl methyl sites for hydroxylation is 1. The van der Waals surface area contributed by atoms with Crippen LogP contribution >= 0.6 is 0 Å². The summed E-state index contributed by atoms with van der Waals surface area (Å²) >= 11 is 0. The van der Waals surface area contributed by atoms with Gasteiger partial charge in [-0.15, -0.1) is 0 Å². The third-order valence-corrected chi connectivity index (χ3v) is 4.81. The summed E-state index contributed by atoms with van der Waals surface area (Å²) in [5, 5.41) is 2.81. The van der Waals surface area contributed by atoms with E-state index in [-0.39, 0.29) is 5.91 Å². The zero-order chi connectivity index (χ0) is 18.4. The fraction of sp³-hybridized carbons (Fsp3) is 0.476. The summed E-state index contributed by atoms with van der Waals surface area (Å²) in [4.78, 5) is 16.1. The van der Waals surface area contributed by atoms with Crippen LogP contribution in [0.25, 0.3) is 0 Å². The first-order valence-electron chi connectivity index (χ1n) is 9.51. The molecule has 1 aromatic heterocycles. The fourth-order valence-corrected chi connectivity index (χ4v) is 3.41. The number of rotatable bonds is 6. The second-order valence-electron chi connectivity index (χ2n) is 7.01. The summed E-state index contributed by atoms with van der Waals surface area (Å²) in [6.07, 6.45) is 2.12. The van der Waals surface area contributed by atoms with Crippen LogP contribution in [0.1, 0.15) is 37.4 Å². The van der Waals surface area contributed by atoms with Gasteiger partial charge in [0.05, 0.1) is 6.54 Å². The summed E-state index contributed by atoms with van der Waals surface area (Å²) in [6.45, 7) is 9.86. The molecule has 0 atom stereocenters. The number of nitrogens with zero attached hydrogens (tertiary/aromatic N) is 2. The highest BCUT2D eigenvalue weighted by atomic mass is 16.3. The van der Waals surface area contributed by atoms with E-state index in [0.29, 0.717) is 0 Å². The molecule has 26 heavy (non-hydrogen) atoms. The van der Waals surface area contributed by atoms with E-state index in [1.54, 1.807) is 0 Å². The molecule has 0 bridgehead atoms. The molecule has 1 aromatic carbocycles. The fourth-order valence-electron chi connectivity index (χ4n) is 3.41. The van der Waals surface area contributed by atoms with Gasteiger partial charge in [-0.3, -0.25) is 14.6 Å². The molecule has 0 spiro atoms. The Morgan fingerprint density at radius 2 is 1.62 bits per heavy atom. The van der Waals surface area contributed by atoms with Gasteiger partial charge in [-0.1, -0.05) is 19.1 Å². The lowest BCUT2D eigenvalue weighted by molar-refractivity contribution is -0.114. The minimum atomic E-state index is -0.0343. The molecule has 5 nitrogen and oxygen atoms in total. The van der Waals surface area contributed by atoms with Crippen LogP contribution in [-0.2, 0) is 24.3 Å². The molecular formula is C21H29N3O2. The SMILES string of the molecule is CCc1ccc(CN2CCCN(Cc3ccc(NC(C)=O)cc3)CC2)o1. The molecule has 1 amide bonds. The summed E-state index contributed by atoms with van der Waals surface area (Å²) in [5.74, 6) is 2.11. The number of amides is 1.